The molecular weight excluding hydrogens is 396 g/mol. The second-order valence-electron chi connectivity index (χ2n) is 11.3. The van der Waals surface area contributed by atoms with E-state index >= 15 is 0 Å². The predicted molar refractivity (Wildman–Crippen MR) is 134 cm³/mol. The lowest BCUT2D eigenvalue weighted by molar-refractivity contribution is 0.00416. The third kappa shape index (κ3) is 4.05. The van der Waals surface area contributed by atoms with Crippen molar-refractivity contribution in [1.82, 2.24) is 0 Å². The summed E-state index contributed by atoms with van der Waals surface area (Å²) in [7, 11) is -2.95. The fraction of sp³-hybridized carbons (Fsp3) is 0.571. The Hall–Kier alpha value is -1.42. The van der Waals surface area contributed by atoms with Crippen molar-refractivity contribution in [1.29, 1.82) is 0 Å². The van der Waals surface area contributed by atoms with Crippen molar-refractivity contribution < 1.29 is 9.90 Å². The zero-order chi connectivity index (χ0) is 22.9. The Kier molecular flexibility index (Phi) is 6.91. The maximum atomic E-state index is 12.4. The van der Waals surface area contributed by atoms with Gasteiger partial charge in [0.05, 0.1) is 0 Å². The van der Waals surface area contributed by atoms with Crippen LogP contribution >= 0.6 is 0 Å². The van der Waals surface area contributed by atoms with Crippen molar-refractivity contribution >= 4 is 18.7 Å². The molecular formula is C28H42O2Si. The van der Waals surface area contributed by atoms with Crippen LogP contribution in [-0.4, -0.2) is 24.8 Å². The fourth-order valence-electron chi connectivity index (χ4n) is 6.23. The molecule has 2 N–H and O–H groups in total. The molecule has 1 saturated carbocycles. The minimum absolute atomic E-state index is 0.156. The molecule has 1 aliphatic carbocycles. The van der Waals surface area contributed by atoms with E-state index in [0.717, 1.165) is 23.2 Å². The van der Waals surface area contributed by atoms with E-state index in [-0.39, 0.29) is 22.5 Å². The molecule has 0 bridgehead atoms. The summed E-state index contributed by atoms with van der Waals surface area (Å²) in [4.78, 5) is 12.4. The van der Waals surface area contributed by atoms with E-state index in [1.165, 1.54) is 12.8 Å². The molecule has 0 heterocycles. The van der Waals surface area contributed by atoms with E-state index in [0.29, 0.717) is 11.8 Å². The molecule has 31 heavy (non-hydrogen) atoms. The normalized spacial score (nSPS) is 24.8. The quantitative estimate of drug-likeness (QED) is 0.544. The van der Waals surface area contributed by atoms with Gasteiger partial charge in [-0.1, -0.05) is 102 Å². The topological polar surface area (TPSA) is 40.5 Å². The summed E-state index contributed by atoms with van der Waals surface area (Å²) < 4.78 is 0. The molecule has 0 amide bonds. The van der Waals surface area contributed by atoms with E-state index in [9.17, 15) is 9.90 Å². The van der Waals surface area contributed by atoms with E-state index < -0.39 is 8.32 Å². The van der Waals surface area contributed by atoms with Crippen molar-refractivity contribution in [2.75, 3.05) is 6.61 Å². The molecule has 3 atom stereocenters. The smallest absolute Gasteiger partial charge is 0.258 e. The third-order valence-corrected chi connectivity index (χ3v) is 13.9. The SMILES string of the molecule is C[C@@H](CO)[C@@]1(C)CC[C@@H](CCC(C)(C)[Si](O)(c2ccccc2)c2ccccc2)C1(C)C. The number of aliphatic hydroxyl groups is 1. The fourth-order valence-corrected chi connectivity index (χ4v) is 9.99. The molecule has 3 rings (SSSR count). The zero-order valence-corrected chi connectivity index (χ0v) is 21.4. The van der Waals surface area contributed by atoms with Gasteiger partial charge in [0.2, 0.25) is 0 Å². The van der Waals surface area contributed by atoms with E-state index in [1.54, 1.807) is 0 Å². The molecule has 3 heteroatoms. The highest BCUT2D eigenvalue weighted by atomic mass is 28.4. The number of hydrogen-bond donors (Lipinski definition) is 2. The Bertz CT molecular complexity index is 806. The highest BCUT2D eigenvalue weighted by Crippen LogP contribution is 2.61. The molecule has 0 aromatic heterocycles. The standard InChI is InChI=1S/C28H42O2Si/c1-22(21-29)28(6)20-18-23(27(28,4)5)17-19-26(2,3)31(30,24-13-9-7-10-14-24)25-15-11-8-12-16-25/h7-16,22-23,29-30H,17-21H2,1-6H3/t22-,23+,28+/m0/s1. The maximum Gasteiger partial charge on any atom is 0.258 e. The van der Waals surface area contributed by atoms with Gasteiger partial charge < -0.3 is 9.90 Å². The molecule has 1 aliphatic rings. The molecule has 2 nitrogen and oxygen atoms in total. The van der Waals surface area contributed by atoms with Crippen LogP contribution in [0.4, 0.5) is 0 Å². The largest absolute Gasteiger partial charge is 0.424 e. The Labute approximate surface area is 190 Å². The average molecular weight is 439 g/mol. The van der Waals surface area contributed by atoms with Crippen molar-refractivity contribution in [3.05, 3.63) is 60.7 Å². The minimum Gasteiger partial charge on any atom is -0.424 e. The Morgan fingerprint density at radius 3 is 1.90 bits per heavy atom. The van der Waals surface area contributed by atoms with Gasteiger partial charge in [0, 0.05) is 6.61 Å². The van der Waals surface area contributed by atoms with E-state index in [2.05, 4.69) is 65.8 Å². The number of rotatable bonds is 8. The number of aliphatic hydroxyl groups excluding tert-OH is 1. The Morgan fingerprint density at radius 1 is 0.968 bits per heavy atom. The molecule has 0 saturated heterocycles. The Balaban J connectivity index is 1.89. The van der Waals surface area contributed by atoms with Crippen LogP contribution in [0.3, 0.4) is 0 Å². The second-order valence-corrected chi connectivity index (χ2v) is 15.3. The first-order chi connectivity index (χ1) is 14.5. The molecule has 0 aliphatic heterocycles. The van der Waals surface area contributed by atoms with Crippen LogP contribution in [0, 0.1) is 22.7 Å². The molecule has 0 unspecified atom stereocenters. The maximum absolute atomic E-state index is 12.4. The van der Waals surface area contributed by atoms with Crippen LogP contribution in [0.15, 0.2) is 60.7 Å². The average Bonchev–Trinajstić information content (AvgIpc) is 3.01. The summed E-state index contributed by atoms with van der Waals surface area (Å²) in [6.07, 6.45) is 4.49. The highest BCUT2D eigenvalue weighted by Gasteiger charge is 2.55. The van der Waals surface area contributed by atoms with E-state index in [1.807, 2.05) is 36.4 Å². The molecule has 1 fully saturated rings. The van der Waals surface area contributed by atoms with Crippen molar-refractivity contribution in [3.63, 3.8) is 0 Å². The minimum atomic E-state index is -2.95. The van der Waals surface area contributed by atoms with Gasteiger partial charge in [-0.25, -0.2) is 0 Å². The van der Waals surface area contributed by atoms with Crippen molar-refractivity contribution in [2.24, 2.45) is 22.7 Å². The molecule has 0 radical (unpaired) electrons. The first kappa shape index (κ1) is 24.2. The second kappa shape index (κ2) is 8.84. The summed E-state index contributed by atoms with van der Waals surface area (Å²) in [6, 6.07) is 20.7. The van der Waals surface area contributed by atoms with Crippen LogP contribution in [0.1, 0.15) is 67.2 Å². The van der Waals surface area contributed by atoms with Gasteiger partial charge in [0.25, 0.3) is 8.32 Å². The zero-order valence-electron chi connectivity index (χ0n) is 20.4. The van der Waals surface area contributed by atoms with Gasteiger partial charge in [-0.15, -0.1) is 0 Å². The molecule has 0 spiro atoms. The first-order valence-electron chi connectivity index (χ1n) is 11.9. The molecule has 170 valence electrons. The third-order valence-electron chi connectivity index (χ3n) is 9.35. The Morgan fingerprint density at radius 2 is 1.45 bits per heavy atom. The van der Waals surface area contributed by atoms with Crippen LogP contribution in [0.5, 0.6) is 0 Å². The molecule has 2 aromatic rings. The van der Waals surface area contributed by atoms with Crippen LogP contribution < -0.4 is 10.4 Å². The lowest BCUT2D eigenvalue weighted by Crippen LogP contribution is -2.65. The van der Waals surface area contributed by atoms with Crippen molar-refractivity contribution in [3.8, 4) is 0 Å². The highest BCUT2D eigenvalue weighted by molar-refractivity contribution is 6.98. The van der Waals surface area contributed by atoms with Gasteiger partial charge in [-0.05, 0) is 63.8 Å². The summed E-state index contributed by atoms with van der Waals surface area (Å²) in [5.74, 6) is 0.913. The van der Waals surface area contributed by atoms with Crippen LogP contribution in [0.25, 0.3) is 0 Å². The van der Waals surface area contributed by atoms with Gasteiger partial charge >= 0.3 is 0 Å². The summed E-state index contributed by atoms with van der Waals surface area (Å²) in [5.41, 5.74) is 0.327. The monoisotopic (exact) mass is 438 g/mol. The van der Waals surface area contributed by atoms with Crippen LogP contribution in [-0.2, 0) is 0 Å². The number of benzene rings is 2. The predicted octanol–water partition coefficient (Wildman–Crippen LogP) is 5.37. The first-order valence-corrected chi connectivity index (χ1v) is 13.9. The summed E-state index contributed by atoms with van der Waals surface area (Å²) >= 11 is 0. The van der Waals surface area contributed by atoms with E-state index in [4.69, 9.17) is 0 Å². The summed E-state index contributed by atoms with van der Waals surface area (Å²) in [6.45, 7) is 14.2. The van der Waals surface area contributed by atoms with Gasteiger partial charge in [-0.3, -0.25) is 0 Å². The molecule has 2 aromatic carbocycles. The van der Waals surface area contributed by atoms with Crippen LogP contribution in [0.2, 0.25) is 5.04 Å². The lowest BCUT2D eigenvalue weighted by atomic mass is 9.59. The summed E-state index contributed by atoms with van der Waals surface area (Å²) in [5, 5.41) is 11.9. The van der Waals surface area contributed by atoms with Gasteiger partial charge in [0.15, 0.2) is 0 Å². The van der Waals surface area contributed by atoms with Gasteiger partial charge in [-0.2, -0.15) is 0 Å². The number of hydrogen-bond acceptors (Lipinski definition) is 2. The van der Waals surface area contributed by atoms with Crippen molar-refractivity contribution in [2.45, 2.75) is 72.3 Å². The lowest BCUT2D eigenvalue weighted by Gasteiger charge is -2.47. The van der Waals surface area contributed by atoms with Gasteiger partial charge in [0.1, 0.15) is 0 Å².